The van der Waals surface area contributed by atoms with Gasteiger partial charge in [-0.1, -0.05) is 24.3 Å². The number of aryl methyl sites for hydroxylation is 1. The molecule has 0 aliphatic carbocycles. The van der Waals surface area contributed by atoms with Crippen LogP contribution < -0.4 is 5.73 Å². The molecule has 1 fully saturated rings. The number of hydrogen-bond acceptors (Lipinski definition) is 6. The number of alkyl halides is 3. The summed E-state index contributed by atoms with van der Waals surface area (Å²) < 4.78 is 45.7. The molecule has 5 heterocycles. The average molecular weight is 602 g/mol. The molecule has 0 spiro atoms. The lowest BCUT2D eigenvalue weighted by atomic mass is 10.1. The van der Waals surface area contributed by atoms with Gasteiger partial charge in [-0.2, -0.15) is 18.3 Å². The molecule has 5 aromatic rings. The predicted octanol–water partition coefficient (Wildman–Crippen LogP) is 5.25. The van der Waals surface area contributed by atoms with E-state index < -0.39 is 12.2 Å². The van der Waals surface area contributed by atoms with Gasteiger partial charge in [-0.05, 0) is 35.7 Å². The molecular formula is C25H26Cl3F3N8. The number of aromatic nitrogens is 6. The Hall–Kier alpha value is -2.96. The van der Waals surface area contributed by atoms with Crippen molar-refractivity contribution >= 4 is 53.8 Å². The Morgan fingerprint density at radius 1 is 0.974 bits per heavy atom. The van der Waals surface area contributed by atoms with E-state index in [2.05, 4.69) is 15.3 Å². The van der Waals surface area contributed by atoms with Gasteiger partial charge in [0.2, 0.25) is 0 Å². The minimum Gasteiger partial charge on any atom is -0.326 e. The number of rotatable bonds is 4. The van der Waals surface area contributed by atoms with Gasteiger partial charge in [0.1, 0.15) is 11.7 Å². The number of fused-ring (bicyclic) bond motifs is 2. The molecule has 2 N–H and O–H groups in total. The molecule has 1 aliphatic rings. The highest BCUT2D eigenvalue weighted by molar-refractivity contribution is 5.86. The number of nitrogens with two attached hydrogens (primary N) is 1. The smallest absolute Gasteiger partial charge is 0.326 e. The Morgan fingerprint density at radius 3 is 2.41 bits per heavy atom. The van der Waals surface area contributed by atoms with E-state index in [-0.39, 0.29) is 55.4 Å². The third-order valence-electron chi connectivity index (χ3n) is 6.63. The average Bonchev–Trinajstić information content (AvgIpc) is 3.57. The summed E-state index contributed by atoms with van der Waals surface area (Å²) in [6.07, 6.45) is 1.25. The molecule has 1 aliphatic heterocycles. The Labute approximate surface area is 240 Å². The van der Waals surface area contributed by atoms with Crippen LogP contribution in [0.25, 0.3) is 39.2 Å². The summed E-state index contributed by atoms with van der Waals surface area (Å²) in [6.45, 7) is 0.493. The van der Waals surface area contributed by atoms with Crippen molar-refractivity contribution in [2.75, 3.05) is 13.1 Å². The Balaban J connectivity index is 0.00000140. The number of nitrogens with zero attached hydrogens (tertiary/aromatic N) is 7. The Bertz CT molecular complexity index is 1590. The van der Waals surface area contributed by atoms with Crippen LogP contribution in [0.2, 0.25) is 0 Å². The van der Waals surface area contributed by atoms with Crippen LogP contribution in [0, 0.1) is 0 Å². The second-order valence-electron chi connectivity index (χ2n) is 9.21. The minimum atomic E-state index is -4.45. The topological polar surface area (TPSA) is 90.2 Å². The highest BCUT2D eigenvalue weighted by Gasteiger charge is 2.46. The highest BCUT2D eigenvalue weighted by atomic mass is 35.5. The van der Waals surface area contributed by atoms with Crippen LogP contribution in [0.1, 0.15) is 18.0 Å². The molecule has 0 radical (unpaired) electrons. The molecule has 0 saturated carbocycles. The minimum absolute atomic E-state index is 0. The summed E-state index contributed by atoms with van der Waals surface area (Å²) in [4.78, 5) is 6.16. The first-order valence-electron chi connectivity index (χ1n) is 11.6. The molecule has 6 rings (SSSR count). The molecule has 14 heteroatoms. The molecule has 1 unspecified atom stereocenters. The molecule has 208 valence electrons. The van der Waals surface area contributed by atoms with Crippen molar-refractivity contribution in [3.63, 3.8) is 0 Å². The van der Waals surface area contributed by atoms with Crippen molar-refractivity contribution in [2.24, 2.45) is 12.8 Å². The zero-order chi connectivity index (χ0) is 25.0. The first-order valence-corrected chi connectivity index (χ1v) is 11.6. The molecule has 1 saturated heterocycles. The first-order chi connectivity index (χ1) is 17.3. The lowest BCUT2D eigenvalue weighted by Gasteiger charge is -2.30. The molecule has 2 atom stereocenters. The monoisotopic (exact) mass is 600 g/mol. The first kappa shape index (κ1) is 30.6. The second-order valence-corrected chi connectivity index (χ2v) is 9.21. The normalized spacial score (nSPS) is 16.5. The summed E-state index contributed by atoms with van der Waals surface area (Å²) in [7, 11) is 1.85. The van der Waals surface area contributed by atoms with Crippen LogP contribution in [-0.2, 0) is 7.05 Å². The van der Waals surface area contributed by atoms with E-state index >= 15 is 0 Å². The van der Waals surface area contributed by atoms with Crippen molar-refractivity contribution in [1.29, 1.82) is 0 Å². The van der Waals surface area contributed by atoms with Gasteiger partial charge in [-0.25, -0.2) is 4.98 Å². The quantitative estimate of drug-likeness (QED) is 0.303. The standard InChI is InChI=1S/C25H23F3N8.3ClH/c1-34-12-18(11-30-34)16-3-2-15-4-6-20(31-21(15)10-16)24-33-32-22-7-5-17(13-36(22)24)23(25(26,27)28)35-9-8-19(29)14-35;;;/h2-7,10-13,19,23H,8-9,14,29H2,1H3;3*1H/t19-,23?;;;/m0.../s1. The largest absolute Gasteiger partial charge is 0.408 e. The zero-order valence-electron chi connectivity index (χ0n) is 20.6. The summed E-state index contributed by atoms with van der Waals surface area (Å²) >= 11 is 0. The summed E-state index contributed by atoms with van der Waals surface area (Å²) in [5.74, 6) is 0.375. The van der Waals surface area contributed by atoms with Crippen molar-refractivity contribution in [3.8, 4) is 22.6 Å². The van der Waals surface area contributed by atoms with Crippen molar-refractivity contribution in [3.05, 3.63) is 66.6 Å². The van der Waals surface area contributed by atoms with Crippen LogP contribution >= 0.6 is 37.2 Å². The molecule has 0 amide bonds. The maximum Gasteiger partial charge on any atom is 0.408 e. The van der Waals surface area contributed by atoms with Crippen LogP contribution in [0.4, 0.5) is 13.2 Å². The predicted molar refractivity (Wildman–Crippen MR) is 151 cm³/mol. The van der Waals surface area contributed by atoms with Crippen LogP contribution in [0.15, 0.2) is 61.1 Å². The maximum atomic E-state index is 14.1. The fourth-order valence-corrected chi connectivity index (χ4v) is 4.89. The van der Waals surface area contributed by atoms with E-state index in [1.54, 1.807) is 27.4 Å². The van der Waals surface area contributed by atoms with Gasteiger partial charge in [-0.15, -0.1) is 47.4 Å². The SMILES string of the molecule is Cl.Cl.Cl.Cn1cc(-c2ccc3ccc(-c4nnc5ccc(C(N6CC[C@H](N)C6)C(F)(F)F)cn45)nc3c2)cn1. The highest BCUT2D eigenvalue weighted by Crippen LogP contribution is 2.39. The van der Waals surface area contributed by atoms with Crippen molar-refractivity contribution in [2.45, 2.75) is 24.7 Å². The van der Waals surface area contributed by atoms with E-state index in [0.717, 1.165) is 22.0 Å². The van der Waals surface area contributed by atoms with E-state index in [9.17, 15) is 13.2 Å². The maximum absolute atomic E-state index is 14.1. The molecule has 8 nitrogen and oxygen atoms in total. The fourth-order valence-electron chi connectivity index (χ4n) is 4.89. The number of pyridine rings is 2. The van der Waals surface area contributed by atoms with Crippen molar-refractivity contribution in [1.82, 2.24) is 34.3 Å². The molecule has 39 heavy (non-hydrogen) atoms. The summed E-state index contributed by atoms with van der Waals surface area (Å²) in [5.41, 5.74) is 9.64. The van der Waals surface area contributed by atoms with Gasteiger partial charge in [0.15, 0.2) is 11.5 Å². The van der Waals surface area contributed by atoms with E-state index in [1.165, 1.54) is 17.2 Å². The molecule has 0 bridgehead atoms. The molecular weight excluding hydrogens is 576 g/mol. The van der Waals surface area contributed by atoms with E-state index in [4.69, 9.17) is 10.7 Å². The van der Waals surface area contributed by atoms with Gasteiger partial charge in [0.25, 0.3) is 0 Å². The third-order valence-corrected chi connectivity index (χ3v) is 6.63. The summed E-state index contributed by atoms with van der Waals surface area (Å²) in [6, 6.07) is 10.7. The van der Waals surface area contributed by atoms with E-state index in [1.807, 2.05) is 37.5 Å². The van der Waals surface area contributed by atoms with Gasteiger partial charge < -0.3 is 5.73 Å². The summed E-state index contributed by atoms with van der Waals surface area (Å²) in [5, 5.41) is 13.6. The van der Waals surface area contributed by atoms with Crippen LogP contribution in [-0.4, -0.2) is 59.6 Å². The van der Waals surface area contributed by atoms with Gasteiger partial charge in [0.05, 0.1) is 11.7 Å². The van der Waals surface area contributed by atoms with Gasteiger partial charge >= 0.3 is 6.18 Å². The van der Waals surface area contributed by atoms with Crippen LogP contribution in [0.3, 0.4) is 0 Å². The van der Waals surface area contributed by atoms with Gasteiger partial charge in [-0.3, -0.25) is 14.0 Å². The zero-order valence-corrected chi connectivity index (χ0v) is 23.1. The van der Waals surface area contributed by atoms with E-state index in [0.29, 0.717) is 30.1 Å². The van der Waals surface area contributed by atoms with Crippen LogP contribution in [0.5, 0.6) is 0 Å². The number of halogens is 6. The lowest BCUT2D eigenvalue weighted by molar-refractivity contribution is -0.183. The third kappa shape index (κ3) is 5.82. The van der Waals surface area contributed by atoms with Crippen molar-refractivity contribution < 1.29 is 13.2 Å². The lowest BCUT2D eigenvalue weighted by Crippen LogP contribution is -2.38. The van der Waals surface area contributed by atoms with Gasteiger partial charge in [0, 0.05) is 49.5 Å². The fraction of sp³-hybridized carbons (Fsp3) is 0.280. The number of likely N-dealkylation sites (tertiary alicyclic amines) is 1. The Kier molecular flexibility index (Phi) is 9.13. The number of benzene rings is 1. The second kappa shape index (κ2) is 11.6. The molecule has 4 aromatic heterocycles. The Morgan fingerprint density at radius 2 is 1.74 bits per heavy atom. The number of hydrogen-bond donors (Lipinski definition) is 1. The molecule has 1 aromatic carbocycles.